The van der Waals surface area contributed by atoms with Crippen molar-refractivity contribution >= 4 is 12.2 Å². The van der Waals surface area contributed by atoms with E-state index in [1.165, 1.54) is 21.6 Å². The molecule has 0 spiro atoms. The molecule has 0 saturated carbocycles. The van der Waals surface area contributed by atoms with Crippen molar-refractivity contribution in [3.8, 4) is 22.6 Å². The molecule has 2 aromatic carbocycles. The van der Waals surface area contributed by atoms with Crippen molar-refractivity contribution in [1.29, 1.82) is 0 Å². The van der Waals surface area contributed by atoms with Gasteiger partial charge in [0.2, 0.25) is 0 Å². The molecule has 0 bridgehead atoms. The zero-order chi connectivity index (χ0) is 21.9. The van der Waals surface area contributed by atoms with E-state index in [9.17, 15) is 0 Å². The maximum Gasteiger partial charge on any atom is 0.122 e. The molecule has 4 nitrogen and oxygen atoms in total. The minimum absolute atomic E-state index is 0.635. The number of aromatic nitrogens is 4. The van der Waals surface area contributed by atoms with Crippen LogP contribution in [0.1, 0.15) is 18.2 Å². The predicted octanol–water partition coefficient (Wildman–Crippen LogP) is 4.44. The maximum absolute atomic E-state index is 4.80. The summed E-state index contributed by atoms with van der Waals surface area (Å²) in [5, 5.41) is 11.5. The van der Waals surface area contributed by atoms with E-state index < -0.39 is 0 Å². The second kappa shape index (κ2) is 8.60. The van der Waals surface area contributed by atoms with Gasteiger partial charge in [0.1, 0.15) is 11.4 Å². The zero-order valence-corrected chi connectivity index (χ0v) is 18.2. The highest BCUT2D eigenvalue weighted by atomic mass is 15.4. The quantitative estimate of drug-likeness (QED) is 0.494. The van der Waals surface area contributed by atoms with Crippen molar-refractivity contribution in [2.75, 3.05) is 0 Å². The Hall–Kier alpha value is -4.05. The van der Waals surface area contributed by atoms with Crippen LogP contribution in [0.2, 0.25) is 0 Å². The van der Waals surface area contributed by atoms with Gasteiger partial charge in [0, 0.05) is 11.3 Å². The smallest absolute Gasteiger partial charge is 0.122 e. The van der Waals surface area contributed by atoms with Gasteiger partial charge in [0.25, 0.3) is 0 Å². The normalized spacial score (nSPS) is 17.5. The highest BCUT2D eigenvalue weighted by molar-refractivity contribution is 5.76. The van der Waals surface area contributed by atoms with E-state index in [0.29, 0.717) is 6.54 Å². The van der Waals surface area contributed by atoms with E-state index in [1.807, 2.05) is 48.0 Å². The summed E-state index contributed by atoms with van der Waals surface area (Å²) in [5.41, 5.74) is 7.03. The monoisotopic (exact) mass is 416 g/mol. The highest BCUT2D eigenvalue weighted by Gasteiger charge is 2.18. The number of nitrogens with zero attached hydrogens (tertiary/aromatic N) is 4. The van der Waals surface area contributed by atoms with Gasteiger partial charge in [-0.15, -0.1) is 5.10 Å². The molecule has 0 radical (unpaired) electrons. The van der Waals surface area contributed by atoms with Crippen LogP contribution in [-0.4, -0.2) is 20.0 Å². The SMILES string of the molecule is CC1=C/C=C/C=c2\ccc(-c3nnn(Cc4ccccc4)c3-c3cccc(C)n3)c\c2=C\1. The van der Waals surface area contributed by atoms with E-state index in [-0.39, 0.29) is 0 Å². The van der Waals surface area contributed by atoms with Gasteiger partial charge in [0.15, 0.2) is 0 Å². The Balaban J connectivity index is 1.69. The summed E-state index contributed by atoms with van der Waals surface area (Å²) in [4.78, 5) is 4.80. The topological polar surface area (TPSA) is 43.6 Å². The molecule has 5 rings (SSSR count). The first-order valence-electron chi connectivity index (χ1n) is 10.8. The molecule has 4 aromatic rings. The fraction of sp³-hybridized carbons (Fsp3) is 0.107. The molecule has 156 valence electrons. The van der Waals surface area contributed by atoms with E-state index in [2.05, 4.69) is 77.9 Å². The summed E-state index contributed by atoms with van der Waals surface area (Å²) < 4.78 is 1.95. The van der Waals surface area contributed by atoms with Gasteiger partial charge in [0.05, 0.1) is 12.2 Å². The summed E-state index contributed by atoms with van der Waals surface area (Å²) in [5.74, 6) is 0. The number of pyridine rings is 1. The van der Waals surface area contributed by atoms with Crippen LogP contribution in [0.25, 0.3) is 34.8 Å². The van der Waals surface area contributed by atoms with E-state index >= 15 is 0 Å². The number of benzene rings is 2. The molecule has 0 aliphatic heterocycles. The molecule has 0 atom stereocenters. The fourth-order valence-electron chi connectivity index (χ4n) is 3.96. The Bertz CT molecular complexity index is 1460. The molecule has 32 heavy (non-hydrogen) atoms. The van der Waals surface area contributed by atoms with Crippen LogP contribution in [0.3, 0.4) is 0 Å². The number of hydrogen-bond acceptors (Lipinski definition) is 3. The largest absolute Gasteiger partial charge is 0.251 e. The number of hydrogen-bond donors (Lipinski definition) is 0. The lowest BCUT2D eigenvalue weighted by Crippen LogP contribution is -2.24. The molecule has 0 saturated heterocycles. The minimum Gasteiger partial charge on any atom is -0.251 e. The standard InChI is InChI=1S/C28H24N4/c1-20-9-6-7-13-23-15-16-24(18-25(23)17-20)27-28(26-14-8-10-21(2)29-26)32(31-30-27)19-22-11-4-3-5-12-22/h3-18H,19H2,1-2H3/b7-6+,9-6?,13-7?,20-9-,20-17?,23-13+,25-17-. The minimum atomic E-state index is 0.635. The lowest BCUT2D eigenvalue weighted by molar-refractivity contribution is 0.654. The summed E-state index contributed by atoms with van der Waals surface area (Å²) in [6.45, 7) is 4.76. The summed E-state index contributed by atoms with van der Waals surface area (Å²) in [6.07, 6.45) is 10.6. The third-order valence-electron chi connectivity index (χ3n) is 5.53. The van der Waals surface area contributed by atoms with Crippen LogP contribution >= 0.6 is 0 Å². The van der Waals surface area contributed by atoms with E-state index in [4.69, 9.17) is 4.98 Å². The molecule has 1 aliphatic rings. The second-order valence-corrected chi connectivity index (χ2v) is 8.04. The van der Waals surface area contributed by atoms with Gasteiger partial charge < -0.3 is 0 Å². The molecule has 0 N–H and O–H groups in total. The molecule has 0 fully saturated rings. The van der Waals surface area contributed by atoms with Crippen molar-refractivity contribution in [2.24, 2.45) is 0 Å². The van der Waals surface area contributed by atoms with Gasteiger partial charge in [-0.2, -0.15) is 0 Å². The molecule has 2 aromatic heterocycles. The first-order valence-corrected chi connectivity index (χ1v) is 10.8. The molecule has 2 heterocycles. The van der Waals surface area contributed by atoms with Crippen molar-refractivity contribution < 1.29 is 0 Å². The number of rotatable bonds is 4. The van der Waals surface area contributed by atoms with Crippen LogP contribution in [0, 0.1) is 6.92 Å². The van der Waals surface area contributed by atoms with Gasteiger partial charge in [-0.3, -0.25) is 4.98 Å². The van der Waals surface area contributed by atoms with Crippen LogP contribution in [0.4, 0.5) is 0 Å². The summed E-state index contributed by atoms with van der Waals surface area (Å²) in [7, 11) is 0. The average molecular weight is 417 g/mol. The van der Waals surface area contributed by atoms with Crippen LogP contribution in [0.15, 0.2) is 90.5 Å². The summed E-state index contributed by atoms with van der Waals surface area (Å²) in [6, 6.07) is 22.9. The molecular weight excluding hydrogens is 392 g/mol. The molecule has 1 aliphatic carbocycles. The third kappa shape index (κ3) is 4.08. The molecule has 0 amide bonds. The van der Waals surface area contributed by atoms with Gasteiger partial charge in [-0.1, -0.05) is 89.7 Å². The molecular formula is C28H24N4. The summed E-state index contributed by atoms with van der Waals surface area (Å²) >= 11 is 0. The van der Waals surface area contributed by atoms with Crippen molar-refractivity contribution in [3.63, 3.8) is 0 Å². The Morgan fingerprint density at radius 3 is 2.50 bits per heavy atom. The van der Waals surface area contributed by atoms with Crippen molar-refractivity contribution in [2.45, 2.75) is 20.4 Å². The van der Waals surface area contributed by atoms with Gasteiger partial charge >= 0.3 is 0 Å². The number of aryl methyl sites for hydroxylation is 1. The fourth-order valence-corrected chi connectivity index (χ4v) is 3.96. The van der Waals surface area contributed by atoms with Gasteiger partial charge in [-0.05, 0) is 48.0 Å². The third-order valence-corrected chi connectivity index (χ3v) is 5.53. The van der Waals surface area contributed by atoms with E-state index in [0.717, 1.165) is 28.3 Å². The highest BCUT2D eigenvalue weighted by Crippen LogP contribution is 2.29. The van der Waals surface area contributed by atoms with Crippen LogP contribution in [-0.2, 0) is 6.54 Å². The van der Waals surface area contributed by atoms with Crippen LogP contribution < -0.4 is 10.4 Å². The Kier molecular flexibility index (Phi) is 5.34. The molecule has 0 unspecified atom stereocenters. The Labute approximate surface area is 187 Å². The predicted molar refractivity (Wildman–Crippen MR) is 130 cm³/mol. The Morgan fingerprint density at radius 2 is 1.66 bits per heavy atom. The van der Waals surface area contributed by atoms with Crippen LogP contribution in [0.5, 0.6) is 0 Å². The number of fused-ring (bicyclic) bond motifs is 1. The zero-order valence-electron chi connectivity index (χ0n) is 18.2. The van der Waals surface area contributed by atoms with Gasteiger partial charge in [-0.25, -0.2) is 4.68 Å². The Morgan fingerprint density at radius 1 is 0.812 bits per heavy atom. The molecule has 4 heteroatoms. The number of allylic oxidation sites excluding steroid dienone is 4. The van der Waals surface area contributed by atoms with Crippen molar-refractivity contribution in [3.05, 3.63) is 112 Å². The average Bonchev–Trinajstić information content (AvgIpc) is 3.20. The maximum atomic E-state index is 4.80. The van der Waals surface area contributed by atoms with E-state index in [1.54, 1.807) is 0 Å². The second-order valence-electron chi connectivity index (χ2n) is 8.04. The lowest BCUT2D eigenvalue weighted by atomic mass is 10.0. The lowest BCUT2D eigenvalue weighted by Gasteiger charge is -2.09. The first-order chi connectivity index (χ1) is 15.7. The first kappa shape index (κ1) is 19.9. The van der Waals surface area contributed by atoms with Crippen molar-refractivity contribution in [1.82, 2.24) is 20.0 Å².